The Bertz CT molecular complexity index is 1670. The number of carbonyl (C=O) groups is 1. The van der Waals surface area contributed by atoms with Crippen LogP contribution in [0.1, 0.15) is 47.8 Å². The highest BCUT2D eigenvalue weighted by molar-refractivity contribution is 6.30. The van der Waals surface area contributed by atoms with E-state index in [1.807, 2.05) is 42.5 Å². The van der Waals surface area contributed by atoms with Gasteiger partial charge in [-0.05, 0) is 71.5 Å². The van der Waals surface area contributed by atoms with Crippen LogP contribution < -0.4 is 4.90 Å². The number of hydrogen-bond acceptors (Lipinski definition) is 8. The van der Waals surface area contributed by atoms with Crippen molar-refractivity contribution >= 4 is 23.2 Å². The maximum atomic E-state index is 13.5. The van der Waals surface area contributed by atoms with Crippen molar-refractivity contribution in [3.63, 3.8) is 0 Å². The van der Waals surface area contributed by atoms with Crippen LogP contribution in [0.5, 0.6) is 5.75 Å². The molecule has 0 radical (unpaired) electrons. The summed E-state index contributed by atoms with van der Waals surface area (Å²) in [5.74, 6) is -0.555. The topological polar surface area (TPSA) is 151 Å². The molecule has 0 spiro atoms. The number of halogens is 1. The zero-order valence-corrected chi connectivity index (χ0v) is 25.6. The molecule has 4 aromatic rings. The number of nitrogens with zero attached hydrogens (tertiary/aromatic N) is 1. The second-order valence-corrected chi connectivity index (χ2v) is 12.3. The lowest BCUT2D eigenvalue weighted by Crippen LogP contribution is -2.55. The molecule has 2 aliphatic heterocycles. The molecule has 2 heterocycles. The molecule has 2 aliphatic rings. The minimum atomic E-state index is -1.50. The highest BCUT2D eigenvalue weighted by Gasteiger charge is 2.49. The van der Waals surface area contributed by atoms with Crippen molar-refractivity contribution in [3.05, 3.63) is 119 Å². The molecule has 0 aliphatic carbocycles. The van der Waals surface area contributed by atoms with Crippen LogP contribution >= 0.6 is 11.6 Å². The Morgan fingerprint density at radius 1 is 0.826 bits per heavy atom. The van der Waals surface area contributed by atoms with Crippen LogP contribution in [0.2, 0.25) is 5.02 Å². The van der Waals surface area contributed by atoms with Crippen LogP contribution in [-0.2, 0) is 9.53 Å². The smallest absolute Gasteiger partial charge is 0.233 e. The Labute approximate surface area is 271 Å². The van der Waals surface area contributed by atoms with Crippen molar-refractivity contribution in [2.45, 2.75) is 55.5 Å². The van der Waals surface area contributed by atoms with Gasteiger partial charge >= 0.3 is 0 Å². The van der Waals surface area contributed by atoms with Gasteiger partial charge in [0.1, 0.15) is 36.3 Å². The van der Waals surface area contributed by atoms with Gasteiger partial charge in [-0.25, -0.2) is 0 Å². The van der Waals surface area contributed by atoms with Crippen molar-refractivity contribution in [1.82, 2.24) is 0 Å². The predicted molar refractivity (Wildman–Crippen MR) is 172 cm³/mol. The summed E-state index contributed by atoms with van der Waals surface area (Å²) in [6.45, 7) is -0.527. The molecular formula is C36H36ClNO8. The average molecular weight is 646 g/mol. The summed E-state index contributed by atoms with van der Waals surface area (Å²) in [5, 5.41) is 63.4. The average Bonchev–Trinajstić information content (AvgIpc) is 3.07. The van der Waals surface area contributed by atoms with E-state index < -0.39 is 55.2 Å². The number of phenolic OH excluding ortho intramolecular Hbond substituents is 1. The van der Waals surface area contributed by atoms with Crippen molar-refractivity contribution in [2.75, 3.05) is 11.5 Å². The van der Waals surface area contributed by atoms with Crippen molar-refractivity contribution < 1.29 is 40.2 Å². The molecule has 1 amide bonds. The second kappa shape index (κ2) is 13.5. The number of carbonyl (C=O) groups excluding carboxylic acids is 1. The molecule has 46 heavy (non-hydrogen) atoms. The number of benzene rings is 4. The summed E-state index contributed by atoms with van der Waals surface area (Å²) in [6, 6.07) is 28.1. The fraction of sp³-hybridized carbons (Fsp3) is 0.306. The van der Waals surface area contributed by atoms with Crippen LogP contribution in [0.3, 0.4) is 0 Å². The van der Waals surface area contributed by atoms with Gasteiger partial charge < -0.3 is 40.3 Å². The first kappa shape index (κ1) is 32.2. The quantitative estimate of drug-likeness (QED) is 0.146. The van der Waals surface area contributed by atoms with Crippen LogP contribution in [0.4, 0.5) is 5.69 Å². The number of anilines is 1. The summed E-state index contributed by atoms with van der Waals surface area (Å²) >= 11 is 5.99. The molecule has 6 rings (SSSR count). The third-order valence-corrected chi connectivity index (χ3v) is 9.30. The summed E-state index contributed by atoms with van der Waals surface area (Å²) in [7, 11) is 0. The summed E-state index contributed by atoms with van der Waals surface area (Å²) in [6.07, 6.45) is -6.42. The lowest BCUT2D eigenvalue weighted by Gasteiger charge is -2.48. The minimum Gasteiger partial charge on any atom is -0.508 e. The van der Waals surface area contributed by atoms with Crippen LogP contribution in [0, 0.1) is 5.92 Å². The molecule has 10 heteroatoms. The first-order valence-corrected chi connectivity index (χ1v) is 15.6. The summed E-state index contributed by atoms with van der Waals surface area (Å²) in [5.41, 5.74) is 3.89. The number of rotatable bonds is 9. The highest BCUT2D eigenvalue weighted by atomic mass is 35.5. The van der Waals surface area contributed by atoms with Gasteiger partial charge in [0.15, 0.2) is 0 Å². The second-order valence-electron chi connectivity index (χ2n) is 11.9. The monoisotopic (exact) mass is 645 g/mol. The van der Waals surface area contributed by atoms with Crippen molar-refractivity contribution in [3.8, 4) is 16.9 Å². The normalized spacial score (nSPS) is 26.9. The zero-order chi connectivity index (χ0) is 32.5. The van der Waals surface area contributed by atoms with Gasteiger partial charge in [-0.3, -0.25) is 4.79 Å². The van der Waals surface area contributed by atoms with Crippen LogP contribution in [0.15, 0.2) is 97.1 Å². The standard InChI is InChI=1S/C36H36ClNO8/c37-24-12-9-20(10-13-24)28(40)16-15-27-31(38(36(27)45)25-7-2-1-3-8-25)26-14-11-22(18-29(26)41)21-5-4-6-23(17-21)35-34(44)33(43)32(42)30(19-39)46-35/h1-14,17-18,27-28,30-35,39-44H,15-16,19H2/t27-,28+,30-,31+,32-,33+,34-,35+/m1/s1. The fourth-order valence-electron chi connectivity index (χ4n) is 6.50. The van der Waals surface area contributed by atoms with Gasteiger partial charge in [-0.1, -0.05) is 72.3 Å². The minimum absolute atomic E-state index is 0.00239. The number of aromatic hydroxyl groups is 1. The van der Waals surface area contributed by atoms with Gasteiger partial charge in [0.05, 0.1) is 24.7 Å². The molecule has 0 bridgehead atoms. The third kappa shape index (κ3) is 6.15. The number of ether oxygens (including phenoxy) is 1. The number of hydrogen-bond donors (Lipinski definition) is 6. The van der Waals surface area contributed by atoms with E-state index in [0.29, 0.717) is 51.4 Å². The van der Waals surface area contributed by atoms with Crippen molar-refractivity contribution in [2.24, 2.45) is 5.92 Å². The fourth-order valence-corrected chi connectivity index (χ4v) is 6.62. The van der Waals surface area contributed by atoms with E-state index in [-0.39, 0.29) is 11.7 Å². The van der Waals surface area contributed by atoms with Crippen LogP contribution in [0.25, 0.3) is 11.1 Å². The van der Waals surface area contributed by atoms with E-state index in [4.69, 9.17) is 16.3 Å². The van der Waals surface area contributed by atoms with E-state index in [2.05, 4.69) is 0 Å². The van der Waals surface area contributed by atoms with E-state index >= 15 is 0 Å². The molecule has 2 fully saturated rings. The Kier molecular flexibility index (Phi) is 9.44. The lowest BCUT2D eigenvalue weighted by molar-refractivity contribution is -0.231. The number of β-lactam (4-membered cyclic amide) rings is 1. The Balaban J connectivity index is 1.26. The maximum Gasteiger partial charge on any atom is 0.233 e. The van der Waals surface area contributed by atoms with E-state index in [1.54, 1.807) is 59.5 Å². The van der Waals surface area contributed by atoms with Gasteiger partial charge in [-0.15, -0.1) is 0 Å². The van der Waals surface area contributed by atoms with E-state index in [1.165, 1.54) is 0 Å². The molecule has 0 saturated carbocycles. The Morgan fingerprint density at radius 3 is 2.24 bits per heavy atom. The molecule has 6 N–H and O–H groups in total. The first-order chi connectivity index (χ1) is 22.2. The third-order valence-electron chi connectivity index (χ3n) is 9.04. The van der Waals surface area contributed by atoms with Gasteiger partial charge in [0.2, 0.25) is 5.91 Å². The molecule has 8 atom stereocenters. The number of phenols is 1. The lowest BCUT2D eigenvalue weighted by atomic mass is 9.77. The van der Waals surface area contributed by atoms with Gasteiger partial charge in [0, 0.05) is 16.3 Å². The largest absolute Gasteiger partial charge is 0.508 e. The first-order valence-electron chi connectivity index (χ1n) is 15.2. The molecule has 2 saturated heterocycles. The Morgan fingerprint density at radius 2 is 1.54 bits per heavy atom. The number of aliphatic hydroxyl groups excluding tert-OH is 5. The van der Waals surface area contributed by atoms with Crippen LogP contribution in [-0.4, -0.2) is 67.6 Å². The molecule has 4 aromatic carbocycles. The van der Waals surface area contributed by atoms with Gasteiger partial charge in [0.25, 0.3) is 0 Å². The van der Waals surface area contributed by atoms with Crippen molar-refractivity contribution in [1.29, 1.82) is 0 Å². The molecule has 0 unspecified atom stereocenters. The van der Waals surface area contributed by atoms with E-state index in [9.17, 15) is 35.4 Å². The molecule has 240 valence electrons. The van der Waals surface area contributed by atoms with Gasteiger partial charge in [-0.2, -0.15) is 0 Å². The zero-order valence-electron chi connectivity index (χ0n) is 24.8. The number of amides is 1. The molecule has 9 nitrogen and oxygen atoms in total. The molecule has 0 aromatic heterocycles. The number of aliphatic hydroxyl groups is 5. The highest BCUT2D eigenvalue weighted by Crippen LogP contribution is 2.49. The SMILES string of the molecule is O=C1[C@H](CC[C@H](O)c2ccc(Cl)cc2)[C@H](c2ccc(-c3cccc([C@@H]4O[C@H](CO)[C@@H](O)[C@H](O)[C@H]4O)c3)cc2O)N1c1ccccc1. The maximum absolute atomic E-state index is 13.5. The summed E-state index contributed by atoms with van der Waals surface area (Å²) < 4.78 is 5.73. The number of para-hydroxylation sites is 1. The van der Waals surface area contributed by atoms with E-state index in [0.717, 1.165) is 0 Å². The Hall–Kier alpha value is -3.80. The summed E-state index contributed by atoms with van der Waals surface area (Å²) in [4.78, 5) is 15.2. The predicted octanol–water partition coefficient (Wildman–Crippen LogP) is 4.45. The molecular weight excluding hydrogens is 610 g/mol.